The van der Waals surface area contributed by atoms with Crippen molar-refractivity contribution in [1.29, 1.82) is 0 Å². The lowest BCUT2D eigenvalue weighted by atomic mass is 9.81. The summed E-state index contributed by atoms with van der Waals surface area (Å²) in [5.41, 5.74) is 3.31. The van der Waals surface area contributed by atoms with Crippen molar-refractivity contribution in [3.05, 3.63) is 35.4 Å². The molecule has 2 aliphatic rings. The highest BCUT2D eigenvalue weighted by Crippen LogP contribution is 2.45. The Morgan fingerprint density at radius 2 is 1.86 bits per heavy atom. The van der Waals surface area contributed by atoms with Gasteiger partial charge in [-0.25, -0.2) is 0 Å². The largest absolute Gasteiger partial charge is 0.311 e. The Balaban J connectivity index is 1.94. The highest BCUT2D eigenvalue weighted by atomic mass is 15.2. The number of benzene rings is 1. The number of likely N-dealkylation sites (N-methyl/N-ethyl adjacent to an activating group) is 1. The van der Waals surface area contributed by atoms with E-state index in [0.717, 1.165) is 6.42 Å². The minimum Gasteiger partial charge on any atom is -0.311 e. The van der Waals surface area contributed by atoms with E-state index in [-0.39, 0.29) is 0 Å². The van der Waals surface area contributed by atoms with Gasteiger partial charge in [-0.2, -0.15) is 0 Å². The fourth-order valence-corrected chi connectivity index (χ4v) is 4.68. The number of aryl methyl sites for hydroxylation is 1. The van der Waals surface area contributed by atoms with E-state index in [0.29, 0.717) is 11.6 Å². The summed E-state index contributed by atoms with van der Waals surface area (Å²) < 4.78 is 0. The van der Waals surface area contributed by atoms with Crippen LogP contribution in [-0.4, -0.2) is 30.6 Å². The van der Waals surface area contributed by atoms with E-state index in [1.807, 2.05) is 0 Å². The molecule has 1 aromatic rings. The third kappa shape index (κ3) is 2.76. The van der Waals surface area contributed by atoms with Crippen LogP contribution in [0.3, 0.4) is 0 Å². The van der Waals surface area contributed by atoms with Crippen molar-refractivity contribution in [3.63, 3.8) is 0 Å². The molecule has 0 radical (unpaired) electrons. The number of hydrogen-bond donors (Lipinski definition) is 1. The van der Waals surface area contributed by atoms with Gasteiger partial charge in [-0.15, -0.1) is 0 Å². The van der Waals surface area contributed by atoms with E-state index in [1.54, 1.807) is 0 Å². The van der Waals surface area contributed by atoms with Gasteiger partial charge >= 0.3 is 0 Å². The minimum atomic E-state index is 0.359. The van der Waals surface area contributed by atoms with E-state index in [1.165, 1.54) is 62.7 Å². The number of hydrogen-bond acceptors (Lipinski definition) is 2. The molecule has 2 heteroatoms. The summed E-state index contributed by atoms with van der Waals surface area (Å²) in [5.74, 6) is 0. The molecule has 0 aromatic heterocycles. The molecular formula is C19H30N2. The second kappa shape index (κ2) is 6.50. The molecule has 1 unspecified atom stereocenters. The van der Waals surface area contributed by atoms with Crippen LogP contribution < -0.4 is 5.32 Å². The van der Waals surface area contributed by atoms with Gasteiger partial charge in [0.05, 0.1) is 6.04 Å². The van der Waals surface area contributed by atoms with Crippen LogP contribution in [-0.2, 0) is 6.42 Å². The second-order valence-electron chi connectivity index (χ2n) is 6.83. The Morgan fingerprint density at radius 1 is 1.14 bits per heavy atom. The molecule has 1 N–H and O–H groups in total. The molecule has 2 nitrogen and oxygen atoms in total. The summed E-state index contributed by atoms with van der Waals surface area (Å²) in [4.78, 5) is 2.81. The van der Waals surface area contributed by atoms with Gasteiger partial charge in [-0.05, 0) is 63.4 Å². The molecular weight excluding hydrogens is 256 g/mol. The van der Waals surface area contributed by atoms with Gasteiger partial charge < -0.3 is 5.32 Å². The first-order chi connectivity index (χ1) is 10.3. The third-order valence-electron chi connectivity index (χ3n) is 5.72. The smallest absolute Gasteiger partial charge is 0.0504 e. The lowest BCUT2D eigenvalue weighted by molar-refractivity contribution is 0.0796. The number of nitrogens with zero attached hydrogens (tertiary/aromatic N) is 1. The normalized spacial score (nSPS) is 23.5. The summed E-state index contributed by atoms with van der Waals surface area (Å²) in [6, 6.07) is 9.73. The Labute approximate surface area is 129 Å². The van der Waals surface area contributed by atoms with Crippen molar-refractivity contribution in [3.8, 4) is 0 Å². The van der Waals surface area contributed by atoms with Crippen molar-refractivity contribution in [2.75, 3.05) is 20.1 Å². The van der Waals surface area contributed by atoms with Gasteiger partial charge in [0, 0.05) is 5.54 Å². The summed E-state index contributed by atoms with van der Waals surface area (Å²) in [7, 11) is 2.15. The van der Waals surface area contributed by atoms with Gasteiger partial charge in [-0.3, -0.25) is 4.90 Å². The lowest BCUT2D eigenvalue weighted by Crippen LogP contribution is -2.53. The van der Waals surface area contributed by atoms with E-state index >= 15 is 0 Å². The zero-order valence-electron chi connectivity index (χ0n) is 13.7. The molecule has 1 heterocycles. The molecule has 3 rings (SSSR count). The SMILES string of the molecule is CCc1cccc(C(NC)C2(N3CCCC3)CCCC2)c1. The van der Waals surface area contributed by atoms with Crippen molar-refractivity contribution >= 4 is 0 Å². The van der Waals surface area contributed by atoms with Gasteiger partial charge in [0.2, 0.25) is 0 Å². The zero-order valence-corrected chi connectivity index (χ0v) is 13.7. The first-order valence-corrected chi connectivity index (χ1v) is 8.81. The predicted octanol–water partition coefficient (Wildman–Crippen LogP) is 3.92. The second-order valence-corrected chi connectivity index (χ2v) is 6.83. The Bertz CT molecular complexity index is 456. The van der Waals surface area contributed by atoms with Crippen LogP contribution in [0.1, 0.15) is 62.6 Å². The van der Waals surface area contributed by atoms with Gasteiger partial charge in [0.15, 0.2) is 0 Å². The maximum Gasteiger partial charge on any atom is 0.0504 e. The van der Waals surface area contributed by atoms with E-state index < -0.39 is 0 Å². The Kier molecular flexibility index (Phi) is 4.66. The van der Waals surface area contributed by atoms with Crippen LogP contribution in [0.25, 0.3) is 0 Å². The monoisotopic (exact) mass is 286 g/mol. The summed E-state index contributed by atoms with van der Waals surface area (Å²) in [6.07, 6.45) is 9.38. The zero-order chi connectivity index (χ0) is 14.7. The molecule has 1 atom stereocenters. The molecule has 0 spiro atoms. The lowest BCUT2D eigenvalue weighted by Gasteiger charge is -2.45. The summed E-state index contributed by atoms with van der Waals surface area (Å²) >= 11 is 0. The first-order valence-electron chi connectivity index (χ1n) is 8.81. The maximum absolute atomic E-state index is 3.69. The van der Waals surface area contributed by atoms with Crippen molar-refractivity contribution in [2.45, 2.75) is 63.5 Å². The molecule has 1 aliphatic heterocycles. The Hall–Kier alpha value is -0.860. The average molecular weight is 286 g/mol. The molecule has 1 saturated heterocycles. The van der Waals surface area contributed by atoms with Crippen LogP contribution in [0.4, 0.5) is 0 Å². The van der Waals surface area contributed by atoms with Crippen molar-refractivity contribution in [2.24, 2.45) is 0 Å². The highest BCUT2D eigenvalue weighted by Gasteiger charge is 2.46. The fraction of sp³-hybridized carbons (Fsp3) is 0.684. The van der Waals surface area contributed by atoms with E-state index in [9.17, 15) is 0 Å². The van der Waals surface area contributed by atoms with Crippen LogP contribution in [0, 0.1) is 0 Å². The van der Waals surface area contributed by atoms with Crippen LogP contribution in [0.2, 0.25) is 0 Å². The quantitative estimate of drug-likeness (QED) is 0.882. The maximum atomic E-state index is 3.69. The van der Waals surface area contributed by atoms with E-state index in [2.05, 4.69) is 48.5 Å². The minimum absolute atomic E-state index is 0.359. The van der Waals surface area contributed by atoms with Gasteiger partial charge in [-0.1, -0.05) is 44.0 Å². The fourth-order valence-electron chi connectivity index (χ4n) is 4.68. The van der Waals surface area contributed by atoms with Gasteiger partial charge in [0.25, 0.3) is 0 Å². The highest BCUT2D eigenvalue weighted by molar-refractivity contribution is 5.29. The van der Waals surface area contributed by atoms with Crippen LogP contribution >= 0.6 is 0 Å². The molecule has 0 amide bonds. The molecule has 2 fully saturated rings. The standard InChI is InChI=1S/C19H30N2/c1-3-16-9-8-10-17(15-16)18(20-2)19(11-4-5-12-19)21-13-6-7-14-21/h8-10,15,18,20H,3-7,11-14H2,1-2H3. The molecule has 1 aromatic carbocycles. The molecule has 116 valence electrons. The first kappa shape index (κ1) is 15.1. The molecule has 21 heavy (non-hydrogen) atoms. The molecule has 1 saturated carbocycles. The molecule has 0 bridgehead atoms. The van der Waals surface area contributed by atoms with Crippen molar-refractivity contribution in [1.82, 2.24) is 10.2 Å². The summed E-state index contributed by atoms with van der Waals surface area (Å²) in [5, 5.41) is 3.69. The average Bonchev–Trinajstić information content (AvgIpc) is 3.20. The van der Waals surface area contributed by atoms with Crippen LogP contribution in [0.15, 0.2) is 24.3 Å². The van der Waals surface area contributed by atoms with Crippen LogP contribution in [0.5, 0.6) is 0 Å². The van der Waals surface area contributed by atoms with Crippen molar-refractivity contribution < 1.29 is 0 Å². The molecule has 1 aliphatic carbocycles. The third-order valence-corrected chi connectivity index (χ3v) is 5.72. The Morgan fingerprint density at radius 3 is 2.48 bits per heavy atom. The predicted molar refractivity (Wildman–Crippen MR) is 89.6 cm³/mol. The van der Waals surface area contributed by atoms with E-state index in [4.69, 9.17) is 0 Å². The number of nitrogens with one attached hydrogen (secondary N) is 1. The van der Waals surface area contributed by atoms with Gasteiger partial charge in [0.1, 0.15) is 0 Å². The topological polar surface area (TPSA) is 15.3 Å². The summed E-state index contributed by atoms with van der Waals surface area (Å²) in [6.45, 7) is 4.84. The number of rotatable bonds is 5. The number of likely N-dealkylation sites (tertiary alicyclic amines) is 1.